The fourth-order valence-electron chi connectivity index (χ4n) is 3.33. The molecule has 0 spiro atoms. The Morgan fingerprint density at radius 2 is 1.87 bits per heavy atom. The number of benzene rings is 2. The van der Waals surface area contributed by atoms with Crippen LogP contribution in [-0.4, -0.2) is 34.2 Å². The monoisotopic (exact) mass is 404 g/mol. The number of esters is 1. The number of nitrogens with one attached hydrogen (secondary N) is 2. The topological polar surface area (TPSA) is 102 Å². The van der Waals surface area contributed by atoms with Crippen molar-refractivity contribution in [2.24, 2.45) is 0 Å². The molecule has 1 unspecified atom stereocenters. The quantitative estimate of drug-likeness (QED) is 0.614. The zero-order valence-corrected chi connectivity index (χ0v) is 16.3. The lowest BCUT2D eigenvalue weighted by Crippen LogP contribution is -2.23. The summed E-state index contributed by atoms with van der Waals surface area (Å²) in [5.74, 6) is -0.437. The molecule has 0 aliphatic carbocycles. The second-order valence-corrected chi connectivity index (χ2v) is 6.77. The molecule has 8 heteroatoms. The minimum absolute atomic E-state index is 0.0611. The highest BCUT2D eigenvalue weighted by Gasteiger charge is 2.35. The van der Waals surface area contributed by atoms with Gasteiger partial charge in [0.15, 0.2) is 0 Å². The fourth-order valence-corrected chi connectivity index (χ4v) is 3.33. The van der Waals surface area contributed by atoms with E-state index in [1.807, 2.05) is 30.3 Å². The van der Waals surface area contributed by atoms with Gasteiger partial charge in [-0.25, -0.2) is 9.48 Å². The summed E-state index contributed by atoms with van der Waals surface area (Å²) >= 11 is 0. The SMILES string of the molecule is CCOC(=O)c1ccc(NC(=O)CC2C(=O)Nc3c(-c4ccccc4)cnn32)cc1. The number of rotatable bonds is 6. The first kappa shape index (κ1) is 19.4. The van der Waals surface area contributed by atoms with Gasteiger partial charge in [-0.2, -0.15) is 5.10 Å². The van der Waals surface area contributed by atoms with Gasteiger partial charge in [-0.3, -0.25) is 9.59 Å². The molecule has 0 saturated carbocycles. The molecule has 1 aromatic heterocycles. The summed E-state index contributed by atoms with van der Waals surface area (Å²) in [6, 6.07) is 15.3. The van der Waals surface area contributed by atoms with Crippen molar-refractivity contribution in [3.05, 3.63) is 66.4 Å². The largest absolute Gasteiger partial charge is 0.462 e. The molecular formula is C22H20N4O4. The van der Waals surface area contributed by atoms with Crippen molar-refractivity contribution in [1.29, 1.82) is 0 Å². The van der Waals surface area contributed by atoms with Gasteiger partial charge in [0.05, 0.1) is 24.8 Å². The van der Waals surface area contributed by atoms with Crippen LogP contribution in [0.2, 0.25) is 0 Å². The third-order valence-corrected chi connectivity index (χ3v) is 4.78. The standard InChI is InChI=1S/C22H20N4O4/c1-2-30-22(29)15-8-10-16(11-9-15)24-19(27)12-18-21(28)25-20-17(13-23-26(18)20)14-6-4-3-5-7-14/h3-11,13,18H,2,12H2,1H3,(H,24,27)(H,25,28). The van der Waals surface area contributed by atoms with Crippen molar-refractivity contribution in [1.82, 2.24) is 9.78 Å². The summed E-state index contributed by atoms with van der Waals surface area (Å²) in [6.45, 7) is 2.03. The first-order chi connectivity index (χ1) is 14.6. The molecule has 1 atom stereocenters. The van der Waals surface area contributed by atoms with E-state index in [1.54, 1.807) is 42.1 Å². The number of nitrogens with zero attached hydrogens (tertiary/aromatic N) is 2. The maximum atomic E-state index is 12.5. The number of ether oxygens (including phenoxy) is 1. The van der Waals surface area contributed by atoms with Crippen LogP contribution in [0.5, 0.6) is 0 Å². The number of amides is 2. The summed E-state index contributed by atoms with van der Waals surface area (Å²) in [6.07, 6.45) is 1.62. The second-order valence-electron chi connectivity index (χ2n) is 6.77. The van der Waals surface area contributed by atoms with Crippen LogP contribution in [0.4, 0.5) is 11.5 Å². The molecule has 2 N–H and O–H groups in total. The van der Waals surface area contributed by atoms with E-state index in [0.717, 1.165) is 11.1 Å². The van der Waals surface area contributed by atoms with Crippen molar-refractivity contribution in [3.8, 4) is 11.1 Å². The van der Waals surface area contributed by atoms with Crippen LogP contribution in [0.25, 0.3) is 11.1 Å². The van der Waals surface area contributed by atoms with Crippen LogP contribution in [0.3, 0.4) is 0 Å². The summed E-state index contributed by atoms with van der Waals surface area (Å²) in [7, 11) is 0. The zero-order valence-electron chi connectivity index (χ0n) is 16.3. The lowest BCUT2D eigenvalue weighted by molar-refractivity contribution is -0.123. The Balaban J connectivity index is 1.44. The zero-order chi connectivity index (χ0) is 21.1. The lowest BCUT2D eigenvalue weighted by atomic mass is 10.1. The summed E-state index contributed by atoms with van der Waals surface area (Å²) in [5, 5.41) is 9.89. The van der Waals surface area contributed by atoms with Gasteiger partial charge in [0.1, 0.15) is 11.9 Å². The highest BCUT2D eigenvalue weighted by atomic mass is 16.5. The summed E-state index contributed by atoms with van der Waals surface area (Å²) in [4.78, 5) is 36.6. The first-order valence-electron chi connectivity index (χ1n) is 9.57. The van der Waals surface area contributed by atoms with Crippen LogP contribution in [0.1, 0.15) is 29.7 Å². The number of aromatic nitrogens is 2. The predicted octanol–water partition coefficient (Wildman–Crippen LogP) is 3.25. The van der Waals surface area contributed by atoms with Gasteiger partial charge in [0.25, 0.3) is 5.91 Å². The Labute approximate surface area is 172 Å². The molecule has 0 fully saturated rings. The van der Waals surface area contributed by atoms with Crippen molar-refractivity contribution in [2.75, 3.05) is 17.2 Å². The van der Waals surface area contributed by atoms with Gasteiger partial charge in [-0.15, -0.1) is 0 Å². The first-order valence-corrected chi connectivity index (χ1v) is 9.57. The predicted molar refractivity (Wildman–Crippen MR) is 111 cm³/mol. The molecule has 1 aliphatic rings. The van der Waals surface area contributed by atoms with Crippen LogP contribution in [0.15, 0.2) is 60.8 Å². The van der Waals surface area contributed by atoms with Gasteiger partial charge in [0.2, 0.25) is 5.91 Å². The van der Waals surface area contributed by atoms with E-state index in [1.165, 1.54) is 0 Å². The molecule has 0 saturated heterocycles. The van der Waals surface area contributed by atoms with Crippen LogP contribution < -0.4 is 10.6 Å². The molecule has 30 heavy (non-hydrogen) atoms. The normalized spacial score (nSPS) is 14.7. The fraction of sp³-hybridized carbons (Fsp3) is 0.182. The van der Waals surface area contributed by atoms with Gasteiger partial charge in [-0.1, -0.05) is 30.3 Å². The van der Waals surface area contributed by atoms with E-state index in [4.69, 9.17) is 4.74 Å². The van der Waals surface area contributed by atoms with E-state index in [2.05, 4.69) is 15.7 Å². The molecular weight excluding hydrogens is 384 g/mol. The van der Waals surface area contributed by atoms with Crippen LogP contribution in [0, 0.1) is 0 Å². The highest BCUT2D eigenvalue weighted by molar-refractivity contribution is 6.04. The molecule has 2 heterocycles. The van der Waals surface area contributed by atoms with E-state index >= 15 is 0 Å². The minimum Gasteiger partial charge on any atom is -0.462 e. The molecule has 152 valence electrons. The van der Waals surface area contributed by atoms with E-state index in [-0.39, 0.29) is 18.2 Å². The summed E-state index contributed by atoms with van der Waals surface area (Å²) in [5.41, 5.74) is 2.67. The molecule has 2 amide bonds. The molecule has 0 radical (unpaired) electrons. The number of hydrogen-bond donors (Lipinski definition) is 2. The van der Waals surface area contributed by atoms with Crippen molar-refractivity contribution in [3.63, 3.8) is 0 Å². The third kappa shape index (κ3) is 3.80. The van der Waals surface area contributed by atoms with Crippen LogP contribution in [-0.2, 0) is 14.3 Å². The number of anilines is 2. The average molecular weight is 404 g/mol. The second kappa shape index (κ2) is 8.20. The lowest BCUT2D eigenvalue weighted by Gasteiger charge is -2.10. The maximum absolute atomic E-state index is 12.5. The Bertz CT molecular complexity index is 1090. The van der Waals surface area contributed by atoms with E-state index < -0.39 is 12.0 Å². The Morgan fingerprint density at radius 3 is 2.57 bits per heavy atom. The summed E-state index contributed by atoms with van der Waals surface area (Å²) < 4.78 is 6.49. The molecule has 1 aliphatic heterocycles. The van der Waals surface area contributed by atoms with Gasteiger partial charge >= 0.3 is 5.97 Å². The van der Waals surface area contributed by atoms with Gasteiger partial charge in [-0.05, 0) is 36.8 Å². The minimum atomic E-state index is -0.726. The van der Waals surface area contributed by atoms with E-state index in [9.17, 15) is 14.4 Å². The Morgan fingerprint density at radius 1 is 1.13 bits per heavy atom. The van der Waals surface area contributed by atoms with Crippen LogP contribution >= 0.6 is 0 Å². The van der Waals surface area contributed by atoms with Crippen molar-refractivity contribution in [2.45, 2.75) is 19.4 Å². The maximum Gasteiger partial charge on any atom is 0.338 e. The number of carbonyl (C=O) groups excluding carboxylic acids is 3. The molecule has 8 nitrogen and oxygen atoms in total. The molecule has 3 aromatic rings. The van der Waals surface area contributed by atoms with Crippen molar-refractivity contribution < 1.29 is 19.1 Å². The van der Waals surface area contributed by atoms with E-state index in [0.29, 0.717) is 23.7 Å². The number of fused-ring (bicyclic) bond motifs is 1. The Kier molecular flexibility index (Phi) is 5.30. The smallest absolute Gasteiger partial charge is 0.338 e. The number of hydrogen-bond acceptors (Lipinski definition) is 5. The van der Waals surface area contributed by atoms with Crippen molar-refractivity contribution >= 4 is 29.3 Å². The van der Waals surface area contributed by atoms with Gasteiger partial charge in [0, 0.05) is 11.3 Å². The average Bonchev–Trinajstić information content (AvgIpc) is 3.29. The molecule has 4 rings (SSSR count). The molecule has 2 aromatic carbocycles. The number of carbonyl (C=O) groups is 3. The Hall–Kier alpha value is -3.94. The highest BCUT2D eigenvalue weighted by Crippen LogP contribution is 2.35. The third-order valence-electron chi connectivity index (χ3n) is 4.78. The molecule has 0 bridgehead atoms. The van der Waals surface area contributed by atoms with Gasteiger partial charge < -0.3 is 15.4 Å².